The molecular weight excluding hydrogens is 464 g/mol. The second-order valence-corrected chi connectivity index (χ2v) is 9.29. The molecule has 0 saturated carbocycles. The van der Waals surface area contributed by atoms with Gasteiger partial charge in [-0.3, -0.25) is 10.1 Å². The first-order valence-corrected chi connectivity index (χ1v) is 12.9. The highest BCUT2D eigenvalue weighted by Gasteiger charge is 2.17. The summed E-state index contributed by atoms with van der Waals surface area (Å²) >= 11 is 1.50. The lowest BCUT2D eigenvalue weighted by molar-refractivity contribution is -0.118. The van der Waals surface area contributed by atoms with Gasteiger partial charge in [-0.15, -0.1) is 11.3 Å². The van der Waals surface area contributed by atoms with Crippen molar-refractivity contribution in [3.05, 3.63) is 52.5 Å². The first-order chi connectivity index (χ1) is 17.1. The van der Waals surface area contributed by atoms with Crippen molar-refractivity contribution in [2.24, 2.45) is 0 Å². The predicted octanol–water partition coefficient (Wildman–Crippen LogP) is 4.48. The number of nitrogens with one attached hydrogen (secondary N) is 2. The number of hydrogen-bond acceptors (Lipinski definition) is 6. The van der Waals surface area contributed by atoms with Crippen molar-refractivity contribution >= 4 is 28.8 Å². The SMILES string of the molecule is CCN(C=O)CCCN(CCCC1=CCc2c(cc(OC)cc2OC)CN1)C(=O)Nc1cccs1. The van der Waals surface area contributed by atoms with E-state index in [1.54, 1.807) is 19.1 Å². The Balaban J connectivity index is 1.57. The van der Waals surface area contributed by atoms with E-state index in [1.165, 1.54) is 28.2 Å². The van der Waals surface area contributed by atoms with Crippen LogP contribution in [0.1, 0.15) is 37.3 Å². The summed E-state index contributed by atoms with van der Waals surface area (Å²) in [5.41, 5.74) is 3.50. The molecule has 0 spiro atoms. The van der Waals surface area contributed by atoms with Crippen molar-refractivity contribution in [2.75, 3.05) is 45.7 Å². The van der Waals surface area contributed by atoms with Gasteiger partial charge in [0.25, 0.3) is 0 Å². The lowest BCUT2D eigenvalue weighted by atomic mass is 10.0. The number of methoxy groups -OCH3 is 2. The lowest BCUT2D eigenvalue weighted by Gasteiger charge is -2.24. The average molecular weight is 501 g/mol. The highest BCUT2D eigenvalue weighted by molar-refractivity contribution is 7.14. The number of carbonyl (C=O) groups excluding carboxylic acids is 2. The van der Waals surface area contributed by atoms with E-state index in [4.69, 9.17) is 9.47 Å². The minimum absolute atomic E-state index is 0.103. The van der Waals surface area contributed by atoms with Crippen LogP contribution in [-0.2, 0) is 17.8 Å². The standard InChI is InChI=1S/C26H36N4O4S/c1-4-29(19-31)12-7-14-30(26(32)28-25-9-6-15-35-25)13-5-8-21-10-11-23-20(18-27-21)16-22(33-2)17-24(23)34-3/h6,9-10,15-17,19,27H,4-5,7-8,11-14,18H2,1-3H3,(H,28,32). The van der Waals surface area contributed by atoms with E-state index in [1.807, 2.05) is 35.4 Å². The maximum absolute atomic E-state index is 12.9. The van der Waals surface area contributed by atoms with Crippen molar-refractivity contribution in [1.82, 2.24) is 15.1 Å². The van der Waals surface area contributed by atoms with Crippen LogP contribution in [0.5, 0.6) is 11.5 Å². The number of carbonyl (C=O) groups is 2. The van der Waals surface area contributed by atoms with Crippen LogP contribution in [-0.4, -0.2) is 62.6 Å². The summed E-state index contributed by atoms with van der Waals surface area (Å²) in [6.07, 6.45) is 6.27. The molecule has 0 saturated heterocycles. The molecule has 0 aliphatic carbocycles. The number of urea groups is 1. The molecule has 1 aliphatic rings. The predicted molar refractivity (Wildman–Crippen MR) is 140 cm³/mol. The third-order valence-electron chi connectivity index (χ3n) is 6.13. The molecule has 35 heavy (non-hydrogen) atoms. The number of anilines is 1. The minimum atomic E-state index is -0.103. The van der Waals surface area contributed by atoms with Gasteiger partial charge in [-0.1, -0.05) is 6.08 Å². The Morgan fingerprint density at radius 3 is 2.71 bits per heavy atom. The number of benzene rings is 1. The van der Waals surface area contributed by atoms with Crippen LogP contribution < -0.4 is 20.1 Å². The minimum Gasteiger partial charge on any atom is -0.497 e. The summed E-state index contributed by atoms with van der Waals surface area (Å²) in [5, 5.41) is 9.30. The van der Waals surface area contributed by atoms with E-state index in [-0.39, 0.29) is 6.03 Å². The lowest BCUT2D eigenvalue weighted by Crippen LogP contribution is -2.38. The Morgan fingerprint density at radius 1 is 1.20 bits per heavy atom. The van der Waals surface area contributed by atoms with Gasteiger partial charge in [-0.05, 0) is 61.7 Å². The van der Waals surface area contributed by atoms with E-state index < -0.39 is 0 Å². The molecule has 190 valence electrons. The third-order valence-corrected chi connectivity index (χ3v) is 6.92. The largest absolute Gasteiger partial charge is 0.497 e. The van der Waals surface area contributed by atoms with E-state index >= 15 is 0 Å². The van der Waals surface area contributed by atoms with E-state index in [9.17, 15) is 9.59 Å². The summed E-state index contributed by atoms with van der Waals surface area (Å²) in [7, 11) is 3.34. The third kappa shape index (κ3) is 7.65. The molecule has 1 aromatic heterocycles. The Bertz CT molecular complexity index is 993. The molecule has 1 aliphatic heterocycles. The fraction of sp³-hybridized carbons (Fsp3) is 0.462. The zero-order valence-corrected chi connectivity index (χ0v) is 21.7. The van der Waals surface area contributed by atoms with Crippen LogP contribution >= 0.6 is 11.3 Å². The highest BCUT2D eigenvalue weighted by Crippen LogP contribution is 2.31. The Kier molecular flexibility index (Phi) is 10.3. The number of ether oxygens (including phenoxy) is 2. The monoisotopic (exact) mass is 500 g/mol. The van der Waals surface area contributed by atoms with Crippen LogP contribution in [0, 0.1) is 0 Å². The second kappa shape index (κ2) is 13.6. The summed E-state index contributed by atoms with van der Waals surface area (Å²) in [4.78, 5) is 27.6. The zero-order valence-electron chi connectivity index (χ0n) is 20.8. The number of hydrogen-bond donors (Lipinski definition) is 2. The molecule has 1 aromatic carbocycles. The van der Waals surface area contributed by atoms with Crippen molar-refractivity contribution in [2.45, 2.75) is 39.2 Å². The average Bonchev–Trinajstić information content (AvgIpc) is 3.30. The topological polar surface area (TPSA) is 83.1 Å². The van der Waals surface area contributed by atoms with Gasteiger partial charge in [-0.25, -0.2) is 4.79 Å². The van der Waals surface area contributed by atoms with Crippen LogP contribution in [0.4, 0.5) is 9.80 Å². The number of thiophene rings is 1. The molecule has 0 fully saturated rings. The van der Waals surface area contributed by atoms with Gasteiger partial charge in [0.15, 0.2) is 0 Å². The van der Waals surface area contributed by atoms with Crippen molar-refractivity contribution in [1.29, 1.82) is 0 Å². The maximum Gasteiger partial charge on any atom is 0.322 e. The molecule has 3 rings (SSSR count). The van der Waals surface area contributed by atoms with Crippen LogP contribution in [0.15, 0.2) is 41.4 Å². The van der Waals surface area contributed by atoms with Gasteiger partial charge in [0.05, 0.1) is 19.2 Å². The summed E-state index contributed by atoms with van der Waals surface area (Å²) in [5.74, 6) is 1.63. The van der Waals surface area contributed by atoms with E-state index in [2.05, 4.69) is 22.8 Å². The molecule has 2 heterocycles. The molecule has 0 bridgehead atoms. The molecule has 3 amide bonds. The van der Waals surface area contributed by atoms with Crippen LogP contribution in [0.25, 0.3) is 0 Å². The number of allylic oxidation sites excluding steroid dienone is 2. The van der Waals surface area contributed by atoms with Crippen molar-refractivity contribution < 1.29 is 19.1 Å². The normalized spacial score (nSPS) is 12.5. The van der Waals surface area contributed by atoms with Crippen LogP contribution in [0.3, 0.4) is 0 Å². The molecule has 2 N–H and O–H groups in total. The van der Waals surface area contributed by atoms with Gasteiger partial charge in [0.2, 0.25) is 6.41 Å². The van der Waals surface area contributed by atoms with Crippen molar-refractivity contribution in [3.8, 4) is 11.5 Å². The Labute approximate surface area is 211 Å². The van der Waals surface area contributed by atoms with Gasteiger partial charge in [0.1, 0.15) is 11.5 Å². The smallest absolute Gasteiger partial charge is 0.322 e. The van der Waals surface area contributed by atoms with E-state index in [0.717, 1.165) is 48.6 Å². The molecular formula is C26H36N4O4S. The van der Waals surface area contributed by atoms with E-state index in [0.29, 0.717) is 32.7 Å². The highest BCUT2D eigenvalue weighted by atomic mass is 32.1. The molecule has 9 heteroatoms. The van der Waals surface area contributed by atoms with Gasteiger partial charge in [0, 0.05) is 50.1 Å². The Morgan fingerprint density at radius 2 is 2.03 bits per heavy atom. The zero-order chi connectivity index (χ0) is 25.0. The van der Waals surface area contributed by atoms with Crippen LogP contribution in [0.2, 0.25) is 0 Å². The number of nitrogens with zero attached hydrogens (tertiary/aromatic N) is 2. The first-order valence-electron chi connectivity index (χ1n) is 12.0. The molecule has 0 unspecified atom stereocenters. The fourth-order valence-electron chi connectivity index (χ4n) is 4.12. The van der Waals surface area contributed by atoms with Gasteiger partial charge >= 0.3 is 6.03 Å². The fourth-order valence-corrected chi connectivity index (χ4v) is 4.73. The summed E-state index contributed by atoms with van der Waals surface area (Å²) in [6, 6.07) is 7.69. The second-order valence-electron chi connectivity index (χ2n) is 8.34. The first kappa shape index (κ1) is 26.4. The van der Waals surface area contributed by atoms with Gasteiger partial charge in [-0.2, -0.15) is 0 Å². The molecule has 0 atom stereocenters. The molecule has 2 aromatic rings. The van der Waals surface area contributed by atoms with Crippen molar-refractivity contribution in [3.63, 3.8) is 0 Å². The quantitative estimate of drug-likeness (QED) is 0.396. The molecule has 0 radical (unpaired) electrons. The summed E-state index contributed by atoms with van der Waals surface area (Å²) < 4.78 is 11.0. The maximum atomic E-state index is 12.9. The Hall–Kier alpha value is -3.20. The van der Waals surface area contributed by atoms with Gasteiger partial charge < -0.3 is 24.6 Å². The molecule has 8 nitrogen and oxygen atoms in total. The number of amides is 3. The number of fused-ring (bicyclic) bond motifs is 1. The number of rotatable bonds is 13. The summed E-state index contributed by atoms with van der Waals surface area (Å²) in [6.45, 7) is 5.19.